The standard InChI is InChI=1S/C47H28N2S2/c1-3-7-44-38(5-1)40-21-15-31-13-19-36(26-42(31)46(40)50-44)49(35-17-11-29(12-18-35)33-10-9-30-23-24-48-28-34(30)25-33)37-20-14-32-16-22-41-39-6-2-4-8-45(39)51-47(41)43(32)27-37/h1-28H. The smallest absolute Gasteiger partial charge is 0.0468 e. The molecule has 4 heteroatoms. The summed E-state index contributed by atoms with van der Waals surface area (Å²) < 4.78 is 5.32. The SMILES string of the molecule is c1ccc2c(c1)sc1c3cc(N(c4ccc(-c5ccc6ccncc6c5)cc4)c4ccc5ccc6c7ccccc7sc6c5c4)ccc3ccc21. The molecule has 11 aromatic rings. The fraction of sp³-hybridized carbons (Fsp3) is 0. The van der Waals surface area contributed by atoms with Crippen molar-refractivity contribution >= 4 is 112 Å². The Labute approximate surface area is 302 Å². The quantitative estimate of drug-likeness (QED) is 0.183. The topological polar surface area (TPSA) is 16.1 Å². The number of fused-ring (bicyclic) bond motifs is 11. The van der Waals surface area contributed by atoms with Gasteiger partial charge in [0.05, 0.1) is 0 Å². The Hall–Kier alpha value is -6.07. The maximum absolute atomic E-state index is 4.35. The Morgan fingerprint density at radius 1 is 0.373 bits per heavy atom. The number of benzene rings is 8. The first-order valence-corrected chi connectivity index (χ1v) is 18.8. The van der Waals surface area contributed by atoms with Gasteiger partial charge in [0.15, 0.2) is 0 Å². The number of thiophene rings is 2. The minimum atomic E-state index is 1.12. The first kappa shape index (κ1) is 28.7. The predicted molar refractivity (Wildman–Crippen MR) is 223 cm³/mol. The molecule has 0 unspecified atom stereocenters. The zero-order chi connectivity index (χ0) is 33.5. The van der Waals surface area contributed by atoms with Gasteiger partial charge in [-0.1, -0.05) is 97.1 Å². The van der Waals surface area contributed by atoms with E-state index in [9.17, 15) is 0 Å². The number of nitrogens with zero attached hydrogens (tertiary/aromatic N) is 2. The summed E-state index contributed by atoms with van der Waals surface area (Å²) >= 11 is 3.77. The Morgan fingerprint density at radius 2 is 0.902 bits per heavy atom. The van der Waals surface area contributed by atoms with E-state index in [2.05, 4.69) is 168 Å². The average molecular weight is 685 g/mol. The average Bonchev–Trinajstić information content (AvgIpc) is 3.77. The van der Waals surface area contributed by atoms with E-state index in [1.54, 1.807) is 0 Å². The summed E-state index contributed by atoms with van der Waals surface area (Å²) in [6.45, 7) is 0. The minimum absolute atomic E-state index is 1.12. The molecule has 0 aliphatic heterocycles. The van der Waals surface area contributed by atoms with Crippen molar-refractivity contribution in [3.8, 4) is 11.1 Å². The van der Waals surface area contributed by atoms with Crippen molar-refractivity contribution in [2.24, 2.45) is 0 Å². The van der Waals surface area contributed by atoms with Crippen LogP contribution >= 0.6 is 22.7 Å². The van der Waals surface area contributed by atoms with Crippen LogP contribution in [-0.4, -0.2) is 4.98 Å². The lowest BCUT2D eigenvalue weighted by molar-refractivity contribution is 1.30. The number of rotatable bonds is 4. The molecule has 0 fully saturated rings. The Kier molecular flexibility index (Phi) is 6.32. The Balaban J connectivity index is 1.12. The van der Waals surface area contributed by atoms with E-state index in [1.165, 1.54) is 78.4 Å². The zero-order valence-corrected chi connectivity index (χ0v) is 29.0. The van der Waals surface area contributed by atoms with E-state index in [0.717, 1.165) is 22.4 Å². The monoisotopic (exact) mass is 684 g/mol. The van der Waals surface area contributed by atoms with Crippen LogP contribution < -0.4 is 4.90 Å². The molecular formula is C47H28N2S2. The molecule has 0 saturated carbocycles. The molecule has 8 aromatic carbocycles. The highest BCUT2D eigenvalue weighted by atomic mass is 32.1. The number of hydrogen-bond donors (Lipinski definition) is 0. The largest absolute Gasteiger partial charge is 0.310 e. The third-order valence-corrected chi connectivity index (χ3v) is 12.7. The third kappa shape index (κ3) is 4.58. The highest BCUT2D eigenvalue weighted by Crippen LogP contribution is 2.44. The van der Waals surface area contributed by atoms with Gasteiger partial charge in [-0.15, -0.1) is 22.7 Å². The highest BCUT2D eigenvalue weighted by molar-refractivity contribution is 7.27. The van der Waals surface area contributed by atoms with Gasteiger partial charge in [-0.05, 0) is 87.9 Å². The lowest BCUT2D eigenvalue weighted by Crippen LogP contribution is -2.10. The number of anilines is 3. The van der Waals surface area contributed by atoms with Crippen molar-refractivity contribution in [1.82, 2.24) is 4.98 Å². The van der Waals surface area contributed by atoms with Crippen molar-refractivity contribution in [2.45, 2.75) is 0 Å². The van der Waals surface area contributed by atoms with Crippen LogP contribution in [-0.2, 0) is 0 Å². The number of aromatic nitrogens is 1. The van der Waals surface area contributed by atoms with Crippen LogP contribution in [0.3, 0.4) is 0 Å². The normalized spacial score (nSPS) is 11.9. The van der Waals surface area contributed by atoms with Gasteiger partial charge in [0, 0.05) is 86.0 Å². The summed E-state index contributed by atoms with van der Waals surface area (Å²) in [5.74, 6) is 0. The fourth-order valence-electron chi connectivity index (χ4n) is 7.77. The number of hydrogen-bond acceptors (Lipinski definition) is 4. The van der Waals surface area contributed by atoms with Crippen LogP contribution in [0.1, 0.15) is 0 Å². The molecule has 0 spiro atoms. The van der Waals surface area contributed by atoms with E-state index >= 15 is 0 Å². The fourth-order valence-corrected chi connectivity index (χ4v) is 10.2. The van der Waals surface area contributed by atoms with Crippen LogP contribution in [0.25, 0.3) is 83.8 Å². The van der Waals surface area contributed by atoms with E-state index in [4.69, 9.17) is 0 Å². The molecule has 238 valence electrons. The maximum Gasteiger partial charge on any atom is 0.0468 e. The Morgan fingerprint density at radius 3 is 1.53 bits per heavy atom. The molecule has 11 rings (SSSR count). The molecule has 51 heavy (non-hydrogen) atoms. The third-order valence-electron chi connectivity index (χ3n) is 10.3. The first-order chi connectivity index (χ1) is 25.2. The van der Waals surface area contributed by atoms with Crippen LogP contribution in [0, 0.1) is 0 Å². The molecule has 0 saturated heterocycles. The molecule has 0 amide bonds. The Bertz CT molecular complexity index is 3000. The van der Waals surface area contributed by atoms with Gasteiger partial charge in [-0.3, -0.25) is 4.98 Å². The van der Waals surface area contributed by atoms with Gasteiger partial charge in [-0.2, -0.15) is 0 Å². The second kappa shape index (κ2) is 11.2. The van der Waals surface area contributed by atoms with E-state index in [0.29, 0.717) is 0 Å². The van der Waals surface area contributed by atoms with Gasteiger partial charge < -0.3 is 4.90 Å². The summed E-state index contributed by atoms with van der Waals surface area (Å²) in [6.07, 6.45) is 3.79. The van der Waals surface area contributed by atoms with Crippen molar-refractivity contribution in [2.75, 3.05) is 4.90 Å². The minimum Gasteiger partial charge on any atom is -0.310 e. The van der Waals surface area contributed by atoms with Crippen LogP contribution in [0.15, 0.2) is 170 Å². The molecule has 0 aliphatic rings. The summed E-state index contributed by atoms with van der Waals surface area (Å²) in [7, 11) is 0. The summed E-state index contributed by atoms with van der Waals surface area (Å²) in [6, 6.07) is 58.2. The molecule has 2 nitrogen and oxygen atoms in total. The van der Waals surface area contributed by atoms with Crippen molar-refractivity contribution in [3.05, 3.63) is 170 Å². The van der Waals surface area contributed by atoms with Crippen LogP contribution in [0.2, 0.25) is 0 Å². The second-order valence-corrected chi connectivity index (χ2v) is 15.3. The molecule has 0 atom stereocenters. The molecular weight excluding hydrogens is 657 g/mol. The van der Waals surface area contributed by atoms with Gasteiger partial charge in [-0.25, -0.2) is 0 Å². The predicted octanol–water partition coefficient (Wildman–Crippen LogP) is 14.4. The van der Waals surface area contributed by atoms with E-state index in [-0.39, 0.29) is 0 Å². The summed E-state index contributed by atoms with van der Waals surface area (Å²) in [5, 5.41) is 12.7. The maximum atomic E-state index is 4.35. The molecule has 0 radical (unpaired) electrons. The van der Waals surface area contributed by atoms with Crippen molar-refractivity contribution < 1.29 is 0 Å². The van der Waals surface area contributed by atoms with Gasteiger partial charge in [0.2, 0.25) is 0 Å². The van der Waals surface area contributed by atoms with E-state index < -0.39 is 0 Å². The molecule has 0 bridgehead atoms. The van der Waals surface area contributed by atoms with Crippen LogP contribution in [0.4, 0.5) is 17.1 Å². The lowest BCUT2D eigenvalue weighted by Gasteiger charge is -2.26. The molecule has 0 N–H and O–H groups in total. The van der Waals surface area contributed by atoms with Gasteiger partial charge in [0.1, 0.15) is 0 Å². The molecule has 3 heterocycles. The lowest BCUT2D eigenvalue weighted by atomic mass is 10.0. The van der Waals surface area contributed by atoms with Crippen molar-refractivity contribution in [3.63, 3.8) is 0 Å². The number of pyridine rings is 1. The second-order valence-electron chi connectivity index (χ2n) is 13.2. The van der Waals surface area contributed by atoms with Gasteiger partial charge in [0.25, 0.3) is 0 Å². The van der Waals surface area contributed by atoms with Crippen LogP contribution in [0.5, 0.6) is 0 Å². The molecule has 0 aliphatic carbocycles. The molecule has 3 aromatic heterocycles. The summed E-state index contributed by atoms with van der Waals surface area (Å²) in [4.78, 5) is 6.77. The summed E-state index contributed by atoms with van der Waals surface area (Å²) in [5.41, 5.74) is 5.76. The van der Waals surface area contributed by atoms with E-state index in [1.807, 2.05) is 35.1 Å². The van der Waals surface area contributed by atoms with Crippen molar-refractivity contribution in [1.29, 1.82) is 0 Å². The highest BCUT2D eigenvalue weighted by Gasteiger charge is 2.17. The zero-order valence-electron chi connectivity index (χ0n) is 27.4. The van der Waals surface area contributed by atoms with Gasteiger partial charge >= 0.3 is 0 Å². The first-order valence-electron chi connectivity index (χ1n) is 17.2.